The van der Waals surface area contributed by atoms with E-state index in [0.29, 0.717) is 18.4 Å². The van der Waals surface area contributed by atoms with E-state index in [2.05, 4.69) is 65.5 Å². The van der Waals surface area contributed by atoms with Crippen molar-refractivity contribution in [2.24, 2.45) is 0 Å². The van der Waals surface area contributed by atoms with Gasteiger partial charge in [0.25, 0.3) is 0 Å². The number of nitrogen functional groups attached to an aromatic ring is 1. The summed E-state index contributed by atoms with van der Waals surface area (Å²) in [5.74, 6) is 0.465. The number of aliphatic hydroxyl groups excluding tert-OH is 1. The molecule has 0 atom stereocenters. The number of hydrogen-bond acceptors (Lipinski definition) is 7. The summed E-state index contributed by atoms with van der Waals surface area (Å²) in [6.07, 6.45) is 8.07. The van der Waals surface area contributed by atoms with Gasteiger partial charge in [-0.25, -0.2) is 14.6 Å². The van der Waals surface area contributed by atoms with Crippen LogP contribution in [0.3, 0.4) is 0 Å². The Kier molecular flexibility index (Phi) is 7.58. The molecule has 42 heavy (non-hydrogen) atoms. The van der Waals surface area contributed by atoms with E-state index in [-0.39, 0.29) is 12.6 Å². The molecule has 2 aliphatic rings. The topological polar surface area (TPSA) is 101 Å². The molecule has 1 saturated heterocycles. The third-order valence-electron chi connectivity index (χ3n) is 9.21. The number of rotatable bonds is 7. The summed E-state index contributed by atoms with van der Waals surface area (Å²) in [5, 5.41) is 17.2. The summed E-state index contributed by atoms with van der Waals surface area (Å²) in [7, 11) is 0. The summed E-state index contributed by atoms with van der Waals surface area (Å²) in [4.78, 5) is 14.0. The van der Waals surface area contributed by atoms with Crippen LogP contribution in [-0.2, 0) is 6.54 Å². The predicted molar refractivity (Wildman–Crippen MR) is 168 cm³/mol. The van der Waals surface area contributed by atoms with Crippen molar-refractivity contribution in [3.8, 4) is 11.3 Å². The first-order chi connectivity index (χ1) is 20.6. The highest BCUT2D eigenvalue weighted by atomic mass is 35.5. The molecule has 0 bridgehead atoms. The maximum Gasteiger partial charge on any atom is 0.164 e. The van der Waals surface area contributed by atoms with E-state index in [4.69, 9.17) is 22.4 Å². The molecule has 0 radical (unpaired) electrons. The highest BCUT2D eigenvalue weighted by Crippen LogP contribution is 2.38. The second kappa shape index (κ2) is 11.6. The van der Waals surface area contributed by atoms with Gasteiger partial charge in [-0.15, -0.1) is 0 Å². The van der Waals surface area contributed by atoms with E-state index in [0.717, 1.165) is 102 Å². The molecule has 0 unspecified atom stereocenters. The van der Waals surface area contributed by atoms with Crippen molar-refractivity contribution in [2.45, 2.75) is 44.3 Å². The fourth-order valence-electron chi connectivity index (χ4n) is 6.91. The van der Waals surface area contributed by atoms with Crippen LogP contribution in [0.4, 0.5) is 5.82 Å². The lowest BCUT2D eigenvalue weighted by molar-refractivity contribution is 0.0629. The molecule has 1 saturated carbocycles. The van der Waals surface area contributed by atoms with Gasteiger partial charge in [0.1, 0.15) is 17.8 Å². The van der Waals surface area contributed by atoms with Gasteiger partial charge in [-0.05, 0) is 55.5 Å². The Bertz CT molecular complexity index is 1700. The first-order valence-electron chi connectivity index (χ1n) is 15.0. The first-order valence-corrected chi connectivity index (χ1v) is 15.4. The van der Waals surface area contributed by atoms with Crippen molar-refractivity contribution in [1.82, 2.24) is 34.1 Å². The van der Waals surface area contributed by atoms with Crippen LogP contribution in [-0.4, -0.2) is 84.6 Å². The molecular formula is C32H37ClN8O. The number of fused-ring (bicyclic) bond motifs is 2. The van der Waals surface area contributed by atoms with Gasteiger partial charge in [0.05, 0.1) is 18.0 Å². The van der Waals surface area contributed by atoms with E-state index >= 15 is 0 Å². The SMILES string of the molecule is Nc1ncnc2c1c(-c1ccc3c(ccn3Cc3ccccc3Cl)c1)nn2[C@H]1CC[C@@H](N2CCN(CCO)CC2)CC1. The van der Waals surface area contributed by atoms with Crippen LogP contribution in [0.25, 0.3) is 33.2 Å². The fraction of sp³-hybridized carbons (Fsp3) is 0.406. The summed E-state index contributed by atoms with van der Waals surface area (Å²) >= 11 is 6.44. The van der Waals surface area contributed by atoms with Crippen LogP contribution < -0.4 is 5.73 Å². The van der Waals surface area contributed by atoms with Gasteiger partial charge >= 0.3 is 0 Å². The van der Waals surface area contributed by atoms with Crippen LogP contribution in [0.15, 0.2) is 61.1 Å². The fourth-order valence-corrected chi connectivity index (χ4v) is 7.10. The Morgan fingerprint density at radius 3 is 2.50 bits per heavy atom. The molecule has 10 heteroatoms. The van der Waals surface area contributed by atoms with Gasteiger partial charge in [0, 0.05) is 73.0 Å². The third-order valence-corrected chi connectivity index (χ3v) is 9.58. The Labute approximate surface area is 250 Å². The smallest absolute Gasteiger partial charge is 0.164 e. The normalized spacial score (nSPS) is 20.5. The zero-order valence-electron chi connectivity index (χ0n) is 23.7. The van der Waals surface area contributed by atoms with Crippen LogP contribution in [0.2, 0.25) is 5.02 Å². The van der Waals surface area contributed by atoms with Crippen molar-refractivity contribution in [3.63, 3.8) is 0 Å². The number of aromatic nitrogens is 5. The Morgan fingerprint density at radius 2 is 1.71 bits per heavy atom. The van der Waals surface area contributed by atoms with E-state index in [1.807, 2.05) is 18.2 Å². The van der Waals surface area contributed by atoms with Crippen LogP contribution >= 0.6 is 11.6 Å². The predicted octanol–water partition coefficient (Wildman–Crippen LogP) is 4.83. The molecular weight excluding hydrogens is 548 g/mol. The molecule has 2 fully saturated rings. The van der Waals surface area contributed by atoms with Crippen molar-refractivity contribution >= 4 is 39.4 Å². The molecule has 4 heterocycles. The second-order valence-corrected chi connectivity index (χ2v) is 12.0. The summed E-state index contributed by atoms with van der Waals surface area (Å²) in [6.45, 7) is 5.97. The van der Waals surface area contributed by atoms with Crippen molar-refractivity contribution in [1.29, 1.82) is 0 Å². The quantitative estimate of drug-likeness (QED) is 0.283. The van der Waals surface area contributed by atoms with Crippen molar-refractivity contribution in [2.75, 3.05) is 45.1 Å². The Morgan fingerprint density at radius 1 is 0.929 bits per heavy atom. The number of piperazine rings is 1. The number of benzene rings is 2. The van der Waals surface area contributed by atoms with Gasteiger partial charge in [-0.2, -0.15) is 5.10 Å². The molecule has 0 spiro atoms. The average Bonchev–Trinajstić information content (AvgIpc) is 3.61. The minimum Gasteiger partial charge on any atom is -0.395 e. The van der Waals surface area contributed by atoms with Crippen molar-refractivity contribution < 1.29 is 5.11 Å². The third kappa shape index (κ3) is 5.15. The maximum absolute atomic E-state index is 9.26. The Hall–Kier alpha value is -3.50. The van der Waals surface area contributed by atoms with Crippen LogP contribution in [0, 0.1) is 0 Å². The highest BCUT2D eigenvalue weighted by Gasteiger charge is 2.31. The van der Waals surface area contributed by atoms with Gasteiger partial charge in [0.2, 0.25) is 0 Å². The number of nitrogens with two attached hydrogens (primary N) is 1. The Balaban J connectivity index is 1.13. The zero-order valence-corrected chi connectivity index (χ0v) is 24.5. The molecule has 0 amide bonds. The second-order valence-electron chi connectivity index (χ2n) is 11.6. The largest absolute Gasteiger partial charge is 0.395 e. The molecule has 3 N–H and O–H groups in total. The van der Waals surface area contributed by atoms with Gasteiger partial charge in [-0.1, -0.05) is 35.9 Å². The number of hydrogen-bond donors (Lipinski definition) is 2. The standard InChI is InChI=1S/C32H37ClN8O/c33-27-4-2-1-3-24(27)20-40-12-11-22-19-23(5-10-28(22)40)30-29-31(34)35-21-36-32(29)41(37-30)26-8-6-25(7-9-26)39-15-13-38(14-16-39)17-18-42/h1-5,10-12,19,21,25-26,42H,6-9,13-18,20H2,(H2,34,35,36)/t25-,26+. The monoisotopic (exact) mass is 584 g/mol. The molecule has 5 aromatic rings. The zero-order chi connectivity index (χ0) is 28.6. The number of halogens is 1. The van der Waals surface area contributed by atoms with E-state index in [9.17, 15) is 5.11 Å². The van der Waals surface area contributed by atoms with Crippen LogP contribution in [0.5, 0.6) is 0 Å². The molecule has 3 aromatic heterocycles. The van der Waals surface area contributed by atoms with Crippen LogP contribution in [0.1, 0.15) is 37.3 Å². The number of β-amino-alcohol motifs (C(OH)–C–C–N with tert-alkyl or cyclic N) is 1. The minimum absolute atomic E-state index is 0.239. The number of anilines is 1. The van der Waals surface area contributed by atoms with E-state index in [1.54, 1.807) is 6.33 Å². The highest BCUT2D eigenvalue weighted by molar-refractivity contribution is 6.31. The van der Waals surface area contributed by atoms with E-state index < -0.39 is 0 Å². The lowest BCUT2D eigenvalue weighted by Crippen LogP contribution is -2.51. The lowest BCUT2D eigenvalue weighted by Gasteiger charge is -2.41. The average molecular weight is 585 g/mol. The summed E-state index contributed by atoms with van der Waals surface area (Å²) in [5.41, 5.74) is 11.4. The van der Waals surface area contributed by atoms with E-state index in [1.165, 1.54) is 0 Å². The molecule has 9 nitrogen and oxygen atoms in total. The molecule has 1 aliphatic carbocycles. The van der Waals surface area contributed by atoms with Gasteiger partial charge in [0.15, 0.2) is 5.65 Å². The van der Waals surface area contributed by atoms with Gasteiger partial charge < -0.3 is 15.4 Å². The maximum atomic E-state index is 9.26. The first kappa shape index (κ1) is 27.3. The number of aliphatic hydroxyl groups is 1. The molecule has 7 rings (SSSR count). The minimum atomic E-state index is 0.239. The van der Waals surface area contributed by atoms with Crippen molar-refractivity contribution in [3.05, 3.63) is 71.6 Å². The van der Waals surface area contributed by atoms with Gasteiger partial charge in [-0.3, -0.25) is 9.80 Å². The number of nitrogens with zero attached hydrogens (tertiary/aromatic N) is 7. The molecule has 218 valence electrons. The lowest BCUT2D eigenvalue weighted by atomic mass is 9.90. The molecule has 1 aliphatic heterocycles. The summed E-state index contributed by atoms with van der Waals surface area (Å²) < 4.78 is 4.34. The summed E-state index contributed by atoms with van der Waals surface area (Å²) in [6, 6.07) is 17.5. The molecule has 2 aromatic carbocycles.